The Bertz CT molecular complexity index is 183. The molecule has 0 spiro atoms. The molecular formula is C5H6N2O2. The van der Waals surface area contributed by atoms with Crippen molar-refractivity contribution in [3.05, 3.63) is 12.3 Å². The van der Waals surface area contributed by atoms with E-state index in [1.165, 1.54) is 19.3 Å². The molecule has 4 heteroatoms. The van der Waals surface area contributed by atoms with Crippen LogP contribution in [0.1, 0.15) is 6.92 Å². The molecule has 0 aromatic rings. The third kappa shape index (κ3) is 1.28. The minimum atomic E-state index is -0.0814. The molecule has 4 nitrogen and oxygen atoms in total. The number of Topliss-reactive ketones (excluding diaryl/α,β-unsaturated/α-hetero) is 1. The zero-order valence-corrected chi connectivity index (χ0v) is 4.92. The summed E-state index contributed by atoms with van der Waals surface area (Å²) in [6.07, 6.45) is 2.86. The fraction of sp³-hybridized carbons (Fsp3) is 0.200. The molecule has 1 aliphatic rings. The average Bonchev–Trinajstić information content (AvgIpc) is 1.90. The zero-order valence-electron chi connectivity index (χ0n) is 4.92. The second-order valence-electron chi connectivity index (χ2n) is 1.57. The first-order valence-electron chi connectivity index (χ1n) is 2.46. The van der Waals surface area contributed by atoms with Crippen molar-refractivity contribution in [3.63, 3.8) is 0 Å². The van der Waals surface area contributed by atoms with Crippen LogP contribution in [-0.2, 0) is 9.63 Å². The summed E-state index contributed by atoms with van der Waals surface area (Å²) in [6.45, 7) is 1.44. The summed E-state index contributed by atoms with van der Waals surface area (Å²) in [5, 5.41) is 3.54. The highest BCUT2D eigenvalue weighted by Gasteiger charge is 2.02. The maximum Gasteiger partial charge on any atom is 0.180 e. The molecule has 0 fully saturated rings. The molecule has 1 N–H and O–H groups in total. The van der Waals surface area contributed by atoms with E-state index in [1.807, 2.05) is 0 Å². The third-order valence-corrected chi connectivity index (χ3v) is 0.873. The van der Waals surface area contributed by atoms with Gasteiger partial charge in [-0.15, -0.1) is 10.7 Å². The number of carbonyl (C=O) groups is 1. The van der Waals surface area contributed by atoms with E-state index in [2.05, 4.69) is 15.5 Å². The first-order valence-corrected chi connectivity index (χ1v) is 2.46. The van der Waals surface area contributed by atoms with Crippen molar-refractivity contribution in [1.82, 2.24) is 5.59 Å². The van der Waals surface area contributed by atoms with Crippen molar-refractivity contribution < 1.29 is 9.63 Å². The maximum atomic E-state index is 10.5. The maximum absolute atomic E-state index is 10.5. The highest BCUT2D eigenvalue weighted by atomic mass is 16.7. The predicted molar refractivity (Wildman–Crippen MR) is 31.5 cm³/mol. The molecule has 1 aliphatic heterocycles. The van der Waals surface area contributed by atoms with Gasteiger partial charge in [-0.25, -0.2) is 0 Å². The first kappa shape index (κ1) is 5.81. The van der Waals surface area contributed by atoms with Crippen molar-refractivity contribution in [2.45, 2.75) is 6.92 Å². The van der Waals surface area contributed by atoms with Crippen LogP contribution in [0.5, 0.6) is 0 Å². The van der Waals surface area contributed by atoms with Crippen LogP contribution >= 0.6 is 0 Å². The summed E-state index contributed by atoms with van der Waals surface area (Å²) in [5.41, 5.74) is 2.57. The van der Waals surface area contributed by atoms with Gasteiger partial charge in [0.05, 0.1) is 0 Å². The molecule has 1 heterocycles. The Morgan fingerprint density at radius 2 is 2.67 bits per heavy atom. The van der Waals surface area contributed by atoms with Gasteiger partial charge in [-0.05, 0) is 0 Å². The lowest BCUT2D eigenvalue weighted by Gasteiger charge is -2.03. The number of hydrazone groups is 1. The van der Waals surface area contributed by atoms with Crippen LogP contribution in [0.3, 0.4) is 0 Å². The molecule has 0 aromatic carbocycles. The molecule has 0 radical (unpaired) electrons. The zero-order chi connectivity index (χ0) is 6.69. The summed E-state index contributed by atoms with van der Waals surface area (Å²) in [7, 11) is 0. The molecular weight excluding hydrogens is 120 g/mol. The van der Waals surface area contributed by atoms with Crippen LogP contribution in [0.2, 0.25) is 0 Å². The van der Waals surface area contributed by atoms with Gasteiger partial charge in [-0.1, -0.05) is 0 Å². The van der Waals surface area contributed by atoms with Gasteiger partial charge in [0.15, 0.2) is 5.78 Å². The summed E-state index contributed by atoms with van der Waals surface area (Å²) in [5.74, 6) is -0.0814. The Labute approximate surface area is 52.1 Å². The second kappa shape index (κ2) is 2.30. The van der Waals surface area contributed by atoms with Gasteiger partial charge in [-0.2, -0.15) is 0 Å². The van der Waals surface area contributed by atoms with Crippen molar-refractivity contribution in [2.24, 2.45) is 5.10 Å². The standard InChI is InChI=1S/C5H6N2O2/c1-4(8)5-2-3-9-7-6-5/h2-3,7H,1H3. The molecule has 1 rings (SSSR count). The molecule has 0 atom stereocenters. The number of hydrogen-bond donors (Lipinski definition) is 1. The topological polar surface area (TPSA) is 50.7 Å². The lowest BCUT2D eigenvalue weighted by atomic mass is 10.3. The Morgan fingerprint density at radius 3 is 3.00 bits per heavy atom. The number of allylic oxidation sites excluding steroid dienone is 1. The third-order valence-electron chi connectivity index (χ3n) is 0.873. The van der Waals surface area contributed by atoms with Gasteiger partial charge >= 0.3 is 0 Å². The fourth-order valence-corrected chi connectivity index (χ4v) is 0.438. The van der Waals surface area contributed by atoms with E-state index in [0.29, 0.717) is 5.71 Å². The predicted octanol–water partition coefficient (Wildman–Crippen LogP) is -0.0201. The summed E-state index contributed by atoms with van der Waals surface area (Å²) in [6, 6.07) is 0. The molecule has 0 aliphatic carbocycles. The van der Waals surface area contributed by atoms with Gasteiger partial charge in [0.1, 0.15) is 12.0 Å². The Kier molecular flexibility index (Phi) is 1.48. The first-order chi connectivity index (χ1) is 4.30. The molecule has 0 saturated heterocycles. The smallest absolute Gasteiger partial charge is 0.180 e. The van der Waals surface area contributed by atoms with Gasteiger partial charge in [0.25, 0.3) is 0 Å². The van der Waals surface area contributed by atoms with Crippen molar-refractivity contribution >= 4 is 11.5 Å². The lowest BCUT2D eigenvalue weighted by Crippen LogP contribution is -2.17. The van der Waals surface area contributed by atoms with E-state index in [0.717, 1.165) is 0 Å². The van der Waals surface area contributed by atoms with Gasteiger partial charge in [0, 0.05) is 13.0 Å². The molecule has 0 bridgehead atoms. The monoisotopic (exact) mass is 126 g/mol. The molecule has 48 valence electrons. The Morgan fingerprint density at radius 1 is 1.89 bits per heavy atom. The quantitative estimate of drug-likeness (QED) is 0.537. The minimum absolute atomic E-state index is 0.0814. The summed E-state index contributed by atoms with van der Waals surface area (Å²) < 4.78 is 0. The average molecular weight is 126 g/mol. The van der Waals surface area contributed by atoms with E-state index in [4.69, 9.17) is 0 Å². The normalized spacial score (nSPS) is 15.4. The van der Waals surface area contributed by atoms with Gasteiger partial charge in [0.2, 0.25) is 0 Å². The molecule has 0 saturated carbocycles. The van der Waals surface area contributed by atoms with Gasteiger partial charge in [-0.3, -0.25) is 4.79 Å². The summed E-state index contributed by atoms with van der Waals surface area (Å²) in [4.78, 5) is 15.0. The van der Waals surface area contributed by atoms with E-state index in [-0.39, 0.29) is 5.78 Å². The molecule has 0 aromatic heterocycles. The second-order valence-corrected chi connectivity index (χ2v) is 1.57. The highest BCUT2D eigenvalue weighted by Crippen LogP contribution is 1.88. The highest BCUT2D eigenvalue weighted by molar-refractivity contribution is 6.43. The van der Waals surface area contributed by atoms with Crippen LogP contribution in [0.25, 0.3) is 0 Å². The number of nitrogens with zero attached hydrogens (tertiary/aromatic N) is 1. The molecule has 0 amide bonds. The van der Waals surface area contributed by atoms with Gasteiger partial charge < -0.3 is 4.84 Å². The number of carbonyl (C=O) groups excluding carboxylic acids is 1. The fourth-order valence-electron chi connectivity index (χ4n) is 0.438. The van der Waals surface area contributed by atoms with Crippen LogP contribution in [-0.4, -0.2) is 11.5 Å². The summed E-state index contributed by atoms with van der Waals surface area (Å²) >= 11 is 0. The number of ketones is 1. The number of hydrogen-bond acceptors (Lipinski definition) is 4. The van der Waals surface area contributed by atoms with Crippen molar-refractivity contribution in [2.75, 3.05) is 0 Å². The van der Waals surface area contributed by atoms with Crippen LogP contribution in [0.4, 0.5) is 0 Å². The van der Waals surface area contributed by atoms with E-state index in [1.54, 1.807) is 0 Å². The van der Waals surface area contributed by atoms with E-state index < -0.39 is 0 Å². The van der Waals surface area contributed by atoms with E-state index in [9.17, 15) is 4.79 Å². The number of rotatable bonds is 1. The van der Waals surface area contributed by atoms with Crippen LogP contribution < -0.4 is 5.59 Å². The Hall–Kier alpha value is -1.32. The lowest BCUT2D eigenvalue weighted by molar-refractivity contribution is -0.111. The molecule has 9 heavy (non-hydrogen) atoms. The minimum Gasteiger partial charge on any atom is -0.373 e. The van der Waals surface area contributed by atoms with Crippen molar-refractivity contribution in [3.8, 4) is 0 Å². The van der Waals surface area contributed by atoms with Crippen molar-refractivity contribution in [1.29, 1.82) is 0 Å². The number of nitrogens with one attached hydrogen (secondary N) is 1. The Balaban J connectivity index is 2.69. The largest absolute Gasteiger partial charge is 0.373 e. The van der Waals surface area contributed by atoms with Crippen LogP contribution in [0.15, 0.2) is 17.4 Å². The molecule has 0 unspecified atom stereocenters. The van der Waals surface area contributed by atoms with Crippen LogP contribution in [0, 0.1) is 0 Å². The van der Waals surface area contributed by atoms with E-state index >= 15 is 0 Å². The SMILES string of the molecule is CC(=O)C1=NNOC=C1.